The number of nitrogens with zero attached hydrogens (tertiary/aromatic N) is 1. The maximum absolute atomic E-state index is 5.81. The number of hydrogen-bond donors (Lipinski definition) is 0. The molecule has 0 unspecified atom stereocenters. The van der Waals surface area contributed by atoms with Gasteiger partial charge < -0.3 is 4.42 Å². The van der Waals surface area contributed by atoms with Gasteiger partial charge in [0.15, 0.2) is 5.58 Å². The Morgan fingerprint density at radius 2 is 1.88 bits per heavy atom. The molecule has 2 heterocycles. The van der Waals surface area contributed by atoms with Crippen LogP contribution in [0.3, 0.4) is 0 Å². The minimum atomic E-state index is 0.863. The van der Waals surface area contributed by atoms with Crippen molar-refractivity contribution in [3.05, 3.63) is 52.2 Å². The number of rotatable bonds is 1. The van der Waals surface area contributed by atoms with Crippen LogP contribution in [0.15, 0.2) is 53.1 Å². The molecule has 0 N–H and O–H groups in total. The first kappa shape index (κ1) is 9.84. The van der Waals surface area contributed by atoms with Crippen molar-refractivity contribution in [2.45, 2.75) is 0 Å². The van der Waals surface area contributed by atoms with Crippen LogP contribution < -0.4 is 0 Å². The topological polar surface area (TPSA) is 26.0 Å². The van der Waals surface area contributed by atoms with Crippen LogP contribution in [0.2, 0.25) is 0 Å². The Labute approximate surface area is 106 Å². The number of halogens is 1. The predicted molar refractivity (Wildman–Crippen MR) is 72.2 cm³/mol. The van der Waals surface area contributed by atoms with Gasteiger partial charge in [0, 0.05) is 17.8 Å². The van der Waals surface area contributed by atoms with Crippen molar-refractivity contribution in [3.63, 3.8) is 0 Å². The molecular formula is C13H8INO. The van der Waals surface area contributed by atoms with Crippen molar-refractivity contribution in [1.29, 1.82) is 0 Å². The summed E-state index contributed by atoms with van der Waals surface area (Å²) in [5.41, 5.74) is 2.85. The fraction of sp³-hybridized carbons (Fsp3) is 0. The highest BCUT2D eigenvalue weighted by atomic mass is 127. The molecule has 0 aliphatic carbocycles. The number of benzene rings is 1. The molecule has 16 heavy (non-hydrogen) atoms. The van der Waals surface area contributed by atoms with E-state index in [1.165, 1.54) is 0 Å². The van der Waals surface area contributed by atoms with E-state index >= 15 is 0 Å². The Morgan fingerprint density at radius 1 is 1.06 bits per heavy atom. The maximum Gasteiger partial charge on any atom is 0.166 e. The van der Waals surface area contributed by atoms with Crippen molar-refractivity contribution in [3.8, 4) is 11.3 Å². The SMILES string of the molecule is Ic1ccnc2cc(-c3ccccc3)oc12. The molecule has 3 heteroatoms. The molecule has 0 bridgehead atoms. The first-order chi connectivity index (χ1) is 7.84. The monoisotopic (exact) mass is 321 g/mol. The third kappa shape index (κ3) is 1.61. The average molecular weight is 321 g/mol. The van der Waals surface area contributed by atoms with Crippen molar-refractivity contribution < 1.29 is 4.42 Å². The van der Waals surface area contributed by atoms with E-state index in [1.807, 2.05) is 42.5 Å². The lowest BCUT2D eigenvalue weighted by Gasteiger charge is -1.94. The van der Waals surface area contributed by atoms with Crippen LogP contribution in [-0.4, -0.2) is 4.98 Å². The fourth-order valence-corrected chi connectivity index (χ4v) is 2.20. The zero-order valence-corrected chi connectivity index (χ0v) is 10.5. The second kappa shape index (κ2) is 3.90. The van der Waals surface area contributed by atoms with Crippen LogP contribution in [-0.2, 0) is 0 Å². The van der Waals surface area contributed by atoms with Crippen LogP contribution >= 0.6 is 22.6 Å². The van der Waals surface area contributed by atoms with Gasteiger partial charge in [0.25, 0.3) is 0 Å². The third-order valence-electron chi connectivity index (χ3n) is 2.42. The molecule has 0 spiro atoms. The molecule has 0 atom stereocenters. The summed E-state index contributed by atoms with van der Waals surface area (Å²) in [5, 5.41) is 0. The van der Waals surface area contributed by atoms with E-state index in [0.717, 1.165) is 26.0 Å². The first-order valence-corrected chi connectivity index (χ1v) is 6.02. The van der Waals surface area contributed by atoms with E-state index in [4.69, 9.17) is 4.42 Å². The van der Waals surface area contributed by atoms with E-state index in [9.17, 15) is 0 Å². The molecule has 0 aliphatic heterocycles. The number of hydrogen-bond acceptors (Lipinski definition) is 2. The number of furan rings is 1. The Bertz CT molecular complexity index is 631. The molecule has 3 rings (SSSR count). The Balaban J connectivity index is 2.23. The lowest BCUT2D eigenvalue weighted by molar-refractivity contribution is 0.629. The first-order valence-electron chi connectivity index (χ1n) is 4.94. The molecule has 0 aliphatic rings. The van der Waals surface area contributed by atoms with Gasteiger partial charge in [0.1, 0.15) is 11.3 Å². The molecule has 0 saturated heterocycles. The summed E-state index contributed by atoms with van der Waals surface area (Å²) < 4.78 is 6.90. The van der Waals surface area contributed by atoms with Crippen LogP contribution in [0.25, 0.3) is 22.4 Å². The van der Waals surface area contributed by atoms with E-state index in [1.54, 1.807) is 6.20 Å². The molecule has 0 amide bonds. The number of pyridine rings is 1. The van der Waals surface area contributed by atoms with Gasteiger partial charge in [0.05, 0.1) is 3.57 Å². The third-order valence-corrected chi connectivity index (χ3v) is 3.27. The largest absolute Gasteiger partial charge is 0.453 e. The van der Waals surface area contributed by atoms with Crippen LogP contribution in [0.4, 0.5) is 0 Å². The zero-order chi connectivity index (χ0) is 11.0. The molecule has 2 aromatic heterocycles. The van der Waals surface area contributed by atoms with Crippen molar-refractivity contribution in [1.82, 2.24) is 4.98 Å². The molecule has 0 saturated carbocycles. The Morgan fingerprint density at radius 3 is 2.62 bits per heavy atom. The summed E-state index contributed by atoms with van der Waals surface area (Å²) in [6, 6.07) is 14.0. The van der Waals surface area contributed by atoms with Gasteiger partial charge in [0.2, 0.25) is 0 Å². The summed E-state index contributed by atoms with van der Waals surface area (Å²) in [5.74, 6) is 0.868. The van der Waals surface area contributed by atoms with E-state index < -0.39 is 0 Å². The minimum absolute atomic E-state index is 0.863. The summed E-state index contributed by atoms with van der Waals surface area (Å²) in [6.07, 6.45) is 1.80. The lowest BCUT2D eigenvalue weighted by atomic mass is 10.2. The van der Waals surface area contributed by atoms with Gasteiger partial charge in [-0.2, -0.15) is 0 Å². The normalized spacial score (nSPS) is 10.8. The van der Waals surface area contributed by atoms with Gasteiger partial charge in [-0.15, -0.1) is 0 Å². The predicted octanol–water partition coefficient (Wildman–Crippen LogP) is 4.10. The Kier molecular flexibility index (Phi) is 2.40. The van der Waals surface area contributed by atoms with Crippen molar-refractivity contribution >= 4 is 33.7 Å². The Hall–Kier alpha value is -1.36. The summed E-state index contributed by atoms with van der Waals surface area (Å²) >= 11 is 2.26. The molecule has 78 valence electrons. The highest BCUT2D eigenvalue weighted by Crippen LogP contribution is 2.28. The number of aromatic nitrogens is 1. The molecule has 0 radical (unpaired) electrons. The quantitative estimate of drug-likeness (QED) is 0.631. The summed E-state index contributed by atoms with van der Waals surface area (Å²) in [4.78, 5) is 4.29. The highest BCUT2D eigenvalue weighted by Gasteiger charge is 2.08. The second-order valence-electron chi connectivity index (χ2n) is 3.48. The average Bonchev–Trinajstić information content (AvgIpc) is 2.76. The van der Waals surface area contributed by atoms with E-state index in [0.29, 0.717) is 0 Å². The molecule has 2 nitrogen and oxygen atoms in total. The van der Waals surface area contributed by atoms with Gasteiger partial charge in [-0.05, 0) is 28.7 Å². The second-order valence-corrected chi connectivity index (χ2v) is 4.65. The van der Waals surface area contributed by atoms with Crippen LogP contribution in [0.1, 0.15) is 0 Å². The lowest BCUT2D eigenvalue weighted by Crippen LogP contribution is -1.74. The van der Waals surface area contributed by atoms with Gasteiger partial charge >= 0.3 is 0 Å². The highest BCUT2D eigenvalue weighted by molar-refractivity contribution is 14.1. The number of fused-ring (bicyclic) bond motifs is 1. The summed E-state index contributed by atoms with van der Waals surface area (Å²) in [6.45, 7) is 0. The van der Waals surface area contributed by atoms with E-state index in [-0.39, 0.29) is 0 Å². The van der Waals surface area contributed by atoms with Crippen molar-refractivity contribution in [2.75, 3.05) is 0 Å². The molecule has 0 fully saturated rings. The van der Waals surface area contributed by atoms with Gasteiger partial charge in [-0.3, -0.25) is 4.98 Å². The molecule has 1 aromatic carbocycles. The summed E-state index contributed by atoms with van der Waals surface area (Å²) in [7, 11) is 0. The standard InChI is InChI=1S/C13H8INO/c14-10-6-7-15-11-8-12(16-13(10)11)9-4-2-1-3-5-9/h1-8H. The van der Waals surface area contributed by atoms with Gasteiger partial charge in [-0.1, -0.05) is 30.3 Å². The van der Waals surface area contributed by atoms with E-state index in [2.05, 4.69) is 27.6 Å². The fourth-order valence-electron chi connectivity index (χ4n) is 1.65. The minimum Gasteiger partial charge on any atom is -0.453 e. The van der Waals surface area contributed by atoms with Crippen molar-refractivity contribution in [2.24, 2.45) is 0 Å². The smallest absolute Gasteiger partial charge is 0.166 e. The van der Waals surface area contributed by atoms with Crippen LogP contribution in [0, 0.1) is 3.57 Å². The molecular weight excluding hydrogens is 313 g/mol. The van der Waals surface area contributed by atoms with Gasteiger partial charge in [-0.25, -0.2) is 0 Å². The maximum atomic E-state index is 5.81. The zero-order valence-electron chi connectivity index (χ0n) is 8.35. The van der Waals surface area contributed by atoms with Crippen LogP contribution in [0.5, 0.6) is 0 Å². The molecule has 3 aromatic rings.